The third-order valence-electron chi connectivity index (χ3n) is 5.50. The topological polar surface area (TPSA) is 61.8 Å². The molecule has 1 amide bonds. The highest BCUT2D eigenvalue weighted by Crippen LogP contribution is 2.26. The van der Waals surface area contributed by atoms with Crippen LogP contribution in [0.4, 0.5) is 0 Å². The molecule has 1 atom stereocenters. The Morgan fingerprint density at radius 3 is 2.84 bits per heavy atom. The van der Waals surface area contributed by atoms with E-state index in [1.807, 2.05) is 24.3 Å². The van der Waals surface area contributed by atoms with Crippen LogP contribution >= 0.6 is 0 Å². The Morgan fingerprint density at radius 1 is 1.28 bits per heavy atom. The molecule has 1 aromatic carbocycles. The van der Waals surface area contributed by atoms with Crippen LogP contribution in [-0.2, 0) is 11.3 Å². The molecular formula is C20H30N2O3. The smallest absolute Gasteiger partial charge is 0.256 e. The number of benzene rings is 1. The van der Waals surface area contributed by atoms with Crippen LogP contribution in [0.15, 0.2) is 24.3 Å². The zero-order valence-corrected chi connectivity index (χ0v) is 15.2. The van der Waals surface area contributed by atoms with Crippen LogP contribution in [0.3, 0.4) is 0 Å². The lowest BCUT2D eigenvalue weighted by atomic mass is 9.89. The predicted molar refractivity (Wildman–Crippen MR) is 97.5 cm³/mol. The molecule has 138 valence electrons. The first-order valence-corrected chi connectivity index (χ1v) is 9.49. The molecule has 5 heteroatoms. The quantitative estimate of drug-likeness (QED) is 0.831. The van der Waals surface area contributed by atoms with Crippen molar-refractivity contribution in [1.29, 1.82) is 0 Å². The van der Waals surface area contributed by atoms with Crippen LogP contribution < -0.4 is 10.1 Å². The van der Waals surface area contributed by atoms with Crippen LogP contribution in [0.2, 0.25) is 0 Å². The third-order valence-corrected chi connectivity index (χ3v) is 5.50. The number of hydrogen-bond acceptors (Lipinski definition) is 4. The normalized spacial score (nSPS) is 25.2. The molecule has 0 bridgehead atoms. The van der Waals surface area contributed by atoms with E-state index in [4.69, 9.17) is 4.74 Å². The highest BCUT2D eigenvalue weighted by atomic mass is 16.5. The number of hydrogen-bond donors (Lipinski definition) is 2. The van der Waals surface area contributed by atoms with Gasteiger partial charge in [0.2, 0.25) is 0 Å². The van der Waals surface area contributed by atoms with Gasteiger partial charge in [-0.3, -0.25) is 4.79 Å². The molecule has 2 aliphatic rings. The lowest BCUT2D eigenvalue weighted by Gasteiger charge is -2.39. The summed E-state index contributed by atoms with van der Waals surface area (Å²) >= 11 is 0. The van der Waals surface area contributed by atoms with E-state index in [2.05, 4.69) is 5.32 Å². The van der Waals surface area contributed by atoms with E-state index in [0.29, 0.717) is 32.1 Å². The molecule has 1 saturated heterocycles. The summed E-state index contributed by atoms with van der Waals surface area (Å²) in [5, 5.41) is 14.4. The molecule has 1 saturated carbocycles. The summed E-state index contributed by atoms with van der Waals surface area (Å²) in [6.45, 7) is 1.58. The summed E-state index contributed by atoms with van der Waals surface area (Å²) in [5.74, 6) is 0.640. The third kappa shape index (κ3) is 4.53. The molecule has 0 radical (unpaired) electrons. The van der Waals surface area contributed by atoms with Gasteiger partial charge in [-0.25, -0.2) is 0 Å². The number of amides is 1. The lowest BCUT2D eigenvalue weighted by molar-refractivity contribution is -0.157. The minimum Gasteiger partial charge on any atom is -0.497 e. The maximum atomic E-state index is 12.9. The molecule has 1 aromatic rings. The molecule has 2 fully saturated rings. The minimum atomic E-state index is -1.27. The molecule has 1 unspecified atom stereocenters. The van der Waals surface area contributed by atoms with E-state index < -0.39 is 5.60 Å². The maximum absolute atomic E-state index is 12.9. The number of ether oxygens (including phenoxy) is 1. The lowest BCUT2D eigenvalue weighted by Crippen LogP contribution is -2.58. The molecule has 0 spiro atoms. The predicted octanol–water partition coefficient (Wildman–Crippen LogP) is 2.47. The molecule has 3 rings (SSSR count). The van der Waals surface area contributed by atoms with Gasteiger partial charge < -0.3 is 20.1 Å². The Kier molecular flexibility index (Phi) is 5.97. The van der Waals surface area contributed by atoms with Gasteiger partial charge in [-0.05, 0) is 43.4 Å². The fourth-order valence-corrected chi connectivity index (χ4v) is 3.99. The number of rotatable bonds is 6. The summed E-state index contributed by atoms with van der Waals surface area (Å²) in [6.07, 6.45) is 7.46. The minimum absolute atomic E-state index is 0.148. The van der Waals surface area contributed by atoms with E-state index in [1.165, 1.54) is 19.3 Å². The molecule has 25 heavy (non-hydrogen) atoms. The summed E-state index contributed by atoms with van der Waals surface area (Å²) in [4.78, 5) is 14.7. The molecule has 0 aromatic heterocycles. The van der Waals surface area contributed by atoms with Crippen LogP contribution in [0, 0.1) is 0 Å². The number of piperidine rings is 1. The van der Waals surface area contributed by atoms with Crippen LogP contribution in [-0.4, -0.2) is 47.8 Å². The van der Waals surface area contributed by atoms with Crippen molar-refractivity contribution in [3.63, 3.8) is 0 Å². The Bertz CT molecular complexity index is 586. The Balaban J connectivity index is 1.60. The fourth-order valence-electron chi connectivity index (χ4n) is 3.99. The Hall–Kier alpha value is -1.59. The summed E-state index contributed by atoms with van der Waals surface area (Å²) < 4.78 is 5.25. The first-order valence-electron chi connectivity index (χ1n) is 9.49. The van der Waals surface area contributed by atoms with Gasteiger partial charge in [0.05, 0.1) is 7.11 Å². The van der Waals surface area contributed by atoms with Gasteiger partial charge in [-0.15, -0.1) is 0 Å². The second-order valence-electron chi connectivity index (χ2n) is 7.43. The standard InChI is InChI=1S/C20H30N2O3/c1-25-18-10-5-7-16(13-18)14-22-12-6-11-20(24,19(22)23)15-21-17-8-3-2-4-9-17/h5,7,10,13,17,21,24H,2-4,6,8-9,11-12,14-15H2,1H3. The van der Waals surface area contributed by atoms with Crippen molar-refractivity contribution in [1.82, 2.24) is 10.2 Å². The van der Waals surface area contributed by atoms with E-state index in [-0.39, 0.29) is 5.91 Å². The van der Waals surface area contributed by atoms with E-state index in [0.717, 1.165) is 30.6 Å². The zero-order valence-electron chi connectivity index (χ0n) is 15.2. The fraction of sp³-hybridized carbons (Fsp3) is 0.650. The van der Waals surface area contributed by atoms with Crippen molar-refractivity contribution in [3.8, 4) is 5.75 Å². The second kappa shape index (κ2) is 8.19. The second-order valence-corrected chi connectivity index (χ2v) is 7.43. The van der Waals surface area contributed by atoms with Gasteiger partial charge >= 0.3 is 0 Å². The number of carbonyl (C=O) groups is 1. The number of likely N-dealkylation sites (tertiary alicyclic amines) is 1. The van der Waals surface area contributed by atoms with Gasteiger partial charge in [0.15, 0.2) is 5.60 Å². The summed E-state index contributed by atoms with van der Waals surface area (Å²) in [5.41, 5.74) is -0.244. The molecular weight excluding hydrogens is 316 g/mol. The number of nitrogens with one attached hydrogen (secondary N) is 1. The highest BCUT2D eigenvalue weighted by Gasteiger charge is 2.42. The van der Waals surface area contributed by atoms with Crippen molar-refractivity contribution in [2.24, 2.45) is 0 Å². The van der Waals surface area contributed by atoms with Crippen molar-refractivity contribution in [2.75, 3.05) is 20.2 Å². The molecule has 1 aliphatic carbocycles. The molecule has 2 N–H and O–H groups in total. The summed E-state index contributed by atoms with van der Waals surface area (Å²) in [7, 11) is 1.64. The van der Waals surface area contributed by atoms with Gasteiger partial charge in [0, 0.05) is 25.7 Å². The largest absolute Gasteiger partial charge is 0.497 e. The number of aliphatic hydroxyl groups is 1. The van der Waals surface area contributed by atoms with E-state index in [9.17, 15) is 9.90 Å². The summed E-state index contributed by atoms with van der Waals surface area (Å²) in [6, 6.07) is 8.20. The number of carbonyl (C=O) groups excluding carboxylic acids is 1. The van der Waals surface area contributed by atoms with Crippen LogP contribution in [0.25, 0.3) is 0 Å². The first-order chi connectivity index (χ1) is 12.1. The van der Waals surface area contributed by atoms with Gasteiger partial charge in [-0.1, -0.05) is 31.4 Å². The van der Waals surface area contributed by atoms with Crippen molar-refractivity contribution < 1.29 is 14.6 Å². The van der Waals surface area contributed by atoms with Gasteiger partial charge in [-0.2, -0.15) is 0 Å². The Labute approximate surface area is 150 Å². The molecule has 1 aliphatic heterocycles. The average molecular weight is 346 g/mol. The maximum Gasteiger partial charge on any atom is 0.256 e. The zero-order chi connectivity index (χ0) is 17.7. The van der Waals surface area contributed by atoms with Crippen molar-refractivity contribution in [2.45, 2.75) is 63.1 Å². The monoisotopic (exact) mass is 346 g/mol. The van der Waals surface area contributed by atoms with E-state index in [1.54, 1.807) is 12.0 Å². The molecule has 5 nitrogen and oxygen atoms in total. The van der Waals surface area contributed by atoms with E-state index >= 15 is 0 Å². The highest BCUT2D eigenvalue weighted by molar-refractivity contribution is 5.86. The van der Waals surface area contributed by atoms with Crippen LogP contribution in [0.1, 0.15) is 50.5 Å². The van der Waals surface area contributed by atoms with Gasteiger partial charge in [0.1, 0.15) is 5.75 Å². The number of nitrogens with zero attached hydrogens (tertiary/aromatic N) is 1. The average Bonchev–Trinajstić information content (AvgIpc) is 2.65. The van der Waals surface area contributed by atoms with Gasteiger partial charge in [0.25, 0.3) is 5.91 Å². The SMILES string of the molecule is COc1cccc(CN2CCCC(O)(CNC3CCCCC3)C2=O)c1. The van der Waals surface area contributed by atoms with Crippen molar-refractivity contribution in [3.05, 3.63) is 29.8 Å². The van der Waals surface area contributed by atoms with Crippen molar-refractivity contribution >= 4 is 5.91 Å². The number of methoxy groups -OCH3 is 1. The van der Waals surface area contributed by atoms with Crippen LogP contribution in [0.5, 0.6) is 5.75 Å². The Morgan fingerprint density at radius 2 is 2.08 bits per heavy atom. The first kappa shape index (κ1) is 18.2. The molecule has 1 heterocycles.